The summed E-state index contributed by atoms with van der Waals surface area (Å²) in [4.78, 5) is 23.3. The van der Waals surface area contributed by atoms with E-state index < -0.39 is 10.8 Å². The summed E-state index contributed by atoms with van der Waals surface area (Å²) in [6.07, 6.45) is 1.83. The minimum absolute atomic E-state index is 0.0162. The maximum Gasteiger partial charge on any atom is 0.282 e. The lowest BCUT2D eigenvalue weighted by atomic mass is 10.1. The molecule has 2 rings (SSSR count). The van der Waals surface area contributed by atoms with Gasteiger partial charge in [0.15, 0.2) is 5.82 Å². The third-order valence-electron chi connectivity index (χ3n) is 2.59. The molecule has 8 heteroatoms. The zero-order valence-corrected chi connectivity index (χ0v) is 11.7. The van der Waals surface area contributed by atoms with E-state index in [-0.39, 0.29) is 11.3 Å². The number of nitrogens with one attached hydrogen (secondary N) is 2. The van der Waals surface area contributed by atoms with E-state index in [1.54, 1.807) is 19.1 Å². The lowest BCUT2D eigenvalue weighted by Crippen LogP contribution is -2.14. The number of amides is 1. The summed E-state index contributed by atoms with van der Waals surface area (Å²) >= 11 is 1.41. The van der Waals surface area contributed by atoms with Crippen LogP contribution in [0.3, 0.4) is 0 Å². The predicted octanol–water partition coefficient (Wildman–Crippen LogP) is 2.60. The maximum atomic E-state index is 12.1. The monoisotopic (exact) mass is 292 g/mol. The molecule has 0 fully saturated rings. The third-order valence-corrected chi connectivity index (χ3v) is 3.32. The van der Waals surface area contributed by atoms with E-state index in [1.807, 2.05) is 6.26 Å². The number of anilines is 1. The molecule has 0 saturated carbocycles. The van der Waals surface area contributed by atoms with E-state index in [2.05, 4.69) is 15.5 Å². The number of benzene rings is 1. The molecule has 0 radical (unpaired) electrons. The highest BCUT2D eigenvalue weighted by Gasteiger charge is 2.21. The first kappa shape index (κ1) is 14.1. The van der Waals surface area contributed by atoms with Crippen LogP contribution in [0.4, 0.5) is 11.5 Å². The van der Waals surface area contributed by atoms with Crippen LogP contribution in [0.1, 0.15) is 16.1 Å². The Bertz CT molecular complexity index is 668. The van der Waals surface area contributed by atoms with Crippen molar-refractivity contribution in [3.05, 3.63) is 45.6 Å². The third kappa shape index (κ3) is 2.97. The topological polar surface area (TPSA) is 101 Å². The van der Waals surface area contributed by atoms with Crippen molar-refractivity contribution in [1.29, 1.82) is 0 Å². The summed E-state index contributed by atoms with van der Waals surface area (Å²) in [6, 6.07) is 6.08. The second-order valence-corrected chi connectivity index (χ2v) is 4.91. The van der Waals surface area contributed by atoms with Gasteiger partial charge in [-0.2, -0.15) is 5.10 Å². The molecule has 0 unspecified atom stereocenters. The Hall–Kier alpha value is -2.35. The zero-order chi connectivity index (χ0) is 14.7. The highest BCUT2D eigenvalue weighted by Crippen LogP contribution is 2.25. The summed E-state index contributed by atoms with van der Waals surface area (Å²) in [5.41, 5.74) is 0.572. The van der Waals surface area contributed by atoms with Gasteiger partial charge in [-0.1, -0.05) is 0 Å². The largest absolute Gasteiger partial charge is 0.305 e. The number of carbonyl (C=O) groups is 1. The van der Waals surface area contributed by atoms with Crippen LogP contribution in [-0.4, -0.2) is 27.3 Å². The average Bonchev–Trinajstić information content (AvgIpc) is 2.83. The maximum absolute atomic E-state index is 12.1. The van der Waals surface area contributed by atoms with Crippen molar-refractivity contribution in [1.82, 2.24) is 10.2 Å². The Morgan fingerprint density at radius 3 is 2.75 bits per heavy atom. The minimum atomic E-state index is -0.575. The molecule has 0 aliphatic carbocycles. The summed E-state index contributed by atoms with van der Waals surface area (Å²) < 4.78 is 0. The van der Waals surface area contributed by atoms with Crippen LogP contribution in [0.5, 0.6) is 0 Å². The van der Waals surface area contributed by atoms with Gasteiger partial charge in [0.1, 0.15) is 5.56 Å². The number of hydrogen-bond donors (Lipinski definition) is 2. The van der Waals surface area contributed by atoms with E-state index in [9.17, 15) is 14.9 Å². The Morgan fingerprint density at radius 2 is 2.20 bits per heavy atom. The van der Waals surface area contributed by atoms with Gasteiger partial charge in [0.25, 0.3) is 11.6 Å². The van der Waals surface area contributed by atoms with Gasteiger partial charge in [0.2, 0.25) is 0 Å². The number of nitro benzene ring substituents is 1. The number of thioether (sulfide) groups is 1. The van der Waals surface area contributed by atoms with Crippen molar-refractivity contribution >= 4 is 29.2 Å². The van der Waals surface area contributed by atoms with Crippen molar-refractivity contribution in [2.75, 3.05) is 11.6 Å². The number of nitro groups is 1. The van der Waals surface area contributed by atoms with Crippen LogP contribution in [0.15, 0.2) is 29.2 Å². The van der Waals surface area contributed by atoms with Crippen LogP contribution in [0.2, 0.25) is 0 Å². The van der Waals surface area contributed by atoms with Crippen LogP contribution in [-0.2, 0) is 0 Å². The number of H-pyrrole nitrogens is 1. The molecule has 7 nitrogen and oxygen atoms in total. The number of carbonyl (C=O) groups excluding carboxylic acids is 1. The molecule has 0 saturated heterocycles. The van der Waals surface area contributed by atoms with Crippen molar-refractivity contribution in [3.8, 4) is 0 Å². The number of aromatic nitrogens is 2. The Kier molecular flexibility index (Phi) is 4.04. The highest BCUT2D eigenvalue weighted by atomic mass is 32.2. The lowest BCUT2D eigenvalue weighted by Gasteiger charge is -2.05. The highest BCUT2D eigenvalue weighted by molar-refractivity contribution is 7.98. The van der Waals surface area contributed by atoms with Crippen LogP contribution in [0, 0.1) is 17.0 Å². The number of aromatic amines is 1. The second-order valence-electron chi connectivity index (χ2n) is 4.03. The fourth-order valence-electron chi connectivity index (χ4n) is 1.65. The average molecular weight is 292 g/mol. The summed E-state index contributed by atoms with van der Waals surface area (Å²) in [6.45, 7) is 1.79. The molecule has 0 spiro atoms. The summed E-state index contributed by atoms with van der Waals surface area (Å²) in [5.74, 6) is -0.226. The molecule has 20 heavy (non-hydrogen) atoms. The van der Waals surface area contributed by atoms with Gasteiger partial charge in [0.05, 0.1) is 4.92 Å². The molecule has 1 aromatic carbocycles. The zero-order valence-electron chi connectivity index (χ0n) is 10.8. The smallest absolute Gasteiger partial charge is 0.282 e. The molecule has 1 amide bonds. The SMILES string of the molecule is CSc1ccc([N+](=O)[O-])c(C(=O)Nc2cc(C)[nH]n2)c1. The Labute approximate surface area is 118 Å². The van der Waals surface area contributed by atoms with Gasteiger partial charge in [-0.3, -0.25) is 20.0 Å². The fourth-order valence-corrected chi connectivity index (χ4v) is 2.09. The molecule has 2 aromatic rings. The van der Waals surface area contributed by atoms with Crippen molar-refractivity contribution < 1.29 is 9.72 Å². The van der Waals surface area contributed by atoms with E-state index in [0.29, 0.717) is 5.82 Å². The summed E-state index contributed by atoms with van der Waals surface area (Å²) in [7, 11) is 0. The second kappa shape index (κ2) is 5.74. The molecule has 1 aromatic heterocycles. The van der Waals surface area contributed by atoms with Crippen molar-refractivity contribution in [2.45, 2.75) is 11.8 Å². The molecular weight excluding hydrogens is 280 g/mol. The minimum Gasteiger partial charge on any atom is -0.305 e. The fraction of sp³-hybridized carbons (Fsp3) is 0.167. The molecule has 0 aliphatic heterocycles. The van der Waals surface area contributed by atoms with E-state index >= 15 is 0 Å². The van der Waals surface area contributed by atoms with E-state index in [1.165, 1.54) is 23.9 Å². The quantitative estimate of drug-likeness (QED) is 0.512. The number of rotatable bonds is 4. The predicted molar refractivity (Wildman–Crippen MR) is 76.2 cm³/mol. The molecule has 0 atom stereocenters. The van der Waals surface area contributed by atoms with Crippen LogP contribution < -0.4 is 5.32 Å². The van der Waals surface area contributed by atoms with Gasteiger partial charge in [-0.25, -0.2) is 0 Å². The molecule has 0 aliphatic rings. The van der Waals surface area contributed by atoms with Crippen LogP contribution >= 0.6 is 11.8 Å². The molecular formula is C12H12N4O3S. The van der Waals surface area contributed by atoms with E-state index in [4.69, 9.17) is 0 Å². The van der Waals surface area contributed by atoms with Gasteiger partial charge < -0.3 is 5.32 Å². The van der Waals surface area contributed by atoms with Gasteiger partial charge in [-0.15, -0.1) is 11.8 Å². The molecule has 2 N–H and O–H groups in total. The first-order valence-corrected chi connectivity index (χ1v) is 6.89. The summed E-state index contributed by atoms with van der Waals surface area (Å²) in [5, 5.41) is 20.1. The molecule has 0 bridgehead atoms. The Morgan fingerprint density at radius 1 is 1.45 bits per heavy atom. The lowest BCUT2D eigenvalue weighted by molar-refractivity contribution is -0.385. The van der Waals surface area contributed by atoms with E-state index in [0.717, 1.165) is 10.6 Å². The Balaban J connectivity index is 2.34. The van der Waals surface area contributed by atoms with Gasteiger partial charge in [-0.05, 0) is 25.3 Å². The first-order chi connectivity index (χ1) is 9.51. The normalized spacial score (nSPS) is 10.3. The standard InChI is InChI=1S/C12H12N4O3S/c1-7-5-11(15-14-7)13-12(17)9-6-8(20-2)3-4-10(9)16(18)19/h3-6H,1-2H3,(H2,13,14,15,17). The van der Waals surface area contributed by atoms with Gasteiger partial charge in [0, 0.05) is 22.7 Å². The van der Waals surface area contributed by atoms with Crippen LogP contribution in [0.25, 0.3) is 0 Å². The van der Waals surface area contributed by atoms with Gasteiger partial charge >= 0.3 is 0 Å². The number of hydrogen-bond acceptors (Lipinski definition) is 5. The first-order valence-electron chi connectivity index (χ1n) is 5.67. The molecule has 1 heterocycles. The number of aryl methyl sites for hydroxylation is 1. The van der Waals surface area contributed by atoms with Crippen molar-refractivity contribution in [3.63, 3.8) is 0 Å². The number of nitrogens with zero attached hydrogens (tertiary/aromatic N) is 2. The molecule has 104 valence electrons. The van der Waals surface area contributed by atoms with Crippen molar-refractivity contribution in [2.24, 2.45) is 0 Å².